The number of anilines is 1. The lowest BCUT2D eigenvalue weighted by atomic mass is 9.97. The summed E-state index contributed by atoms with van der Waals surface area (Å²) in [6, 6.07) is 15.2. The van der Waals surface area contributed by atoms with Crippen LogP contribution in [0.1, 0.15) is 42.3 Å². The summed E-state index contributed by atoms with van der Waals surface area (Å²) in [5.74, 6) is -0.133. The molecule has 1 amide bonds. The minimum atomic E-state index is -0.133. The number of hydrogen-bond acceptors (Lipinski definition) is 1. The second-order valence-corrected chi connectivity index (χ2v) is 5.64. The Bertz CT molecular complexity index is 844. The van der Waals surface area contributed by atoms with Crippen molar-refractivity contribution in [2.24, 2.45) is 0 Å². The number of carbonyl (C=O) groups is 1. The van der Waals surface area contributed by atoms with Gasteiger partial charge in [0, 0.05) is 16.8 Å². The maximum atomic E-state index is 12.6. The molecule has 2 heteroatoms. The summed E-state index contributed by atoms with van der Waals surface area (Å²) in [6.45, 7) is 21.7. The third kappa shape index (κ3) is 7.63. The van der Waals surface area contributed by atoms with Gasteiger partial charge in [0.25, 0.3) is 5.91 Å². The van der Waals surface area contributed by atoms with Crippen molar-refractivity contribution in [3.63, 3.8) is 0 Å². The molecule has 0 aliphatic rings. The summed E-state index contributed by atoms with van der Waals surface area (Å²) in [5, 5.41) is 3.01. The van der Waals surface area contributed by atoms with Crippen LogP contribution in [0.5, 0.6) is 0 Å². The number of benzene rings is 2. The molecule has 0 saturated heterocycles. The van der Waals surface area contributed by atoms with E-state index >= 15 is 0 Å². The van der Waals surface area contributed by atoms with Crippen molar-refractivity contribution in [1.82, 2.24) is 0 Å². The molecule has 0 radical (unpaired) electrons. The average molecular weight is 388 g/mol. The topological polar surface area (TPSA) is 29.1 Å². The van der Waals surface area contributed by atoms with Gasteiger partial charge in [-0.05, 0) is 43.2 Å². The van der Waals surface area contributed by atoms with E-state index in [0.717, 1.165) is 28.0 Å². The molecule has 0 aliphatic heterocycles. The van der Waals surface area contributed by atoms with Gasteiger partial charge in [-0.1, -0.05) is 87.2 Å². The van der Waals surface area contributed by atoms with E-state index in [1.807, 2.05) is 88.4 Å². The summed E-state index contributed by atoms with van der Waals surface area (Å²) >= 11 is 0. The minimum Gasteiger partial charge on any atom is -0.321 e. The Morgan fingerprint density at radius 3 is 2.00 bits per heavy atom. The maximum absolute atomic E-state index is 12.6. The van der Waals surface area contributed by atoms with Crippen LogP contribution in [0, 0.1) is 6.92 Å². The largest absolute Gasteiger partial charge is 0.321 e. The lowest BCUT2D eigenvalue weighted by Gasteiger charge is -2.14. The number of allylic oxidation sites excluding steroid dienone is 6. The van der Waals surface area contributed by atoms with E-state index < -0.39 is 0 Å². The predicted octanol–water partition coefficient (Wildman–Crippen LogP) is 7.78. The fraction of sp³-hybridized carbons (Fsp3) is 0.148. The number of hydrogen-bond donors (Lipinski definition) is 1. The van der Waals surface area contributed by atoms with Gasteiger partial charge in [-0.25, -0.2) is 0 Å². The highest BCUT2D eigenvalue weighted by molar-refractivity contribution is 6.06. The quantitative estimate of drug-likeness (QED) is 0.398. The third-order valence-electron chi connectivity index (χ3n) is 3.86. The molecular formula is C27H33NO. The molecule has 0 fully saturated rings. The van der Waals surface area contributed by atoms with E-state index in [4.69, 9.17) is 0 Å². The van der Waals surface area contributed by atoms with Crippen molar-refractivity contribution in [3.05, 3.63) is 121 Å². The van der Waals surface area contributed by atoms with Crippen LogP contribution in [0.2, 0.25) is 0 Å². The smallest absolute Gasteiger partial charge is 0.255 e. The molecule has 0 heterocycles. The van der Waals surface area contributed by atoms with E-state index in [9.17, 15) is 4.79 Å². The molecular weight excluding hydrogens is 354 g/mol. The zero-order valence-corrected chi connectivity index (χ0v) is 18.2. The normalized spacial score (nSPS) is 9.24. The first-order valence-corrected chi connectivity index (χ1v) is 9.70. The van der Waals surface area contributed by atoms with Gasteiger partial charge in [-0.2, -0.15) is 0 Å². The molecule has 2 nitrogen and oxygen atoms in total. The molecule has 0 aliphatic carbocycles. The number of nitrogens with one attached hydrogen (secondary N) is 1. The first kappa shape index (κ1) is 25.6. The summed E-state index contributed by atoms with van der Waals surface area (Å²) in [7, 11) is 0. The Hall–Kier alpha value is -3.39. The Labute approximate surface area is 176 Å². The lowest BCUT2D eigenvalue weighted by molar-refractivity contribution is 0.102. The maximum Gasteiger partial charge on any atom is 0.255 e. The average Bonchev–Trinajstić information content (AvgIpc) is 2.77. The summed E-state index contributed by atoms with van der Waals surface area (Å²) in [5.41, 5.74) is 5.31. The predicted molar refractivity (Wildman–Crippen MR) is 130 cm³/mol. The van der Waals surface area contributed by atoms with E-state index in [0.29, 0.717) is 5.56 Å². The van der Waals surface area contributed by atoms with Gasteiger partial charge in [-0.3, -0.25) is 4.79 Å². The summed E-state index contributed by atoms with van der Waals surface area (Å²) in [4.78, 5) is 12.6. The van der Waals surface area contributed by atoms with Gasteiger partial charge in [0.05, 0.1) is 0 Å². The SMILES string of the molecule is C=C.C=CC(C=C)=C(/C=C\C)c1ccccc1NC(=O)c1ccc(C)cc1.CC. The zero-order valence-electron chi connectivity index (χ0n) is 18.2. The van der Waals surface area contributed by atoms with Gasteiger partial charge >= 0.3 is 0 Å². The molecule has 0 saturated carbocycles. The number of para-hydroxylation sites is 1. The lowest BCUT2D eigenvalue weighted by Crippen LogP contribution is -2.13. The fourth-order valence-electron chi connectivity index (χ4n) is 2.54. The fourth-order valence-corrected chi connectivity index (χ4v) is 2.54. The molecule has 2 rings (SSSR count). The van der Waals surface area contributed by atoms with E-state index in [1.54, 1.807) is 12.2 Å². The highest BCUT2D eigenvalue weighted by Crippen LogP contribution is 2.29. The number of rotatable bonds is 6. The monoisotopic (exact) mass is 387 g/mol. The standard InChI is InChI=1S/C23H23NO.C2H6.C2H4/c1-5-10-20(18(6-2)7-3)21-11-8-9-12-22(21)24-23(25)19-15-13-17(4)14-16-19;2*1-2/h5-16H,2-3H2,1,4H3,(H,24,25);1-2H3;1-2H2/b10-5-;;. The van der Waals surface area contributed by atoms with Crippen molar-refractivity contribution in [2.45, 2.75) is 27.7 Å². The van der Waals surface area contributed by atoms with Gasteiger partial charge < -0.3 is 5.32 Å². The van der Waals surface area contributed by atoms with E-state index in [2.05, 4.69) is 31.6 Å². The first-order chi connectivity index (χ1) is 14.1. The van der Waals surface area contributed by atoms with Crippen LogP contribution in [0.4, 0.5) is 5.69 Å². The Kier molecular flexibility index (Phi) is 12.9. The minimum absolute atomic E-state index is 0.133. The van der Waals surface area contributed by atoms with Crippen LogP contribution < -0.4 is 5.32 Å². The summed E-state index contributed by atoms with van der Waals surface area (Å²) in [6.07, 6.45) is 7.48. The molecule has 0 atom stereocenters. The molecule has 2 aromatic carbocycles. The first-order valence-electron chi connectivity index (χ1n) is 9.70. The van der Waals surface area contributed by atoms with Gasteiger partial charge in [-0.15, -0.1) is 13.2 Å². The van der Waals surface area contributed by atoms with Crippen LogP contribution >= 0.6 is 0 Å². The van der Waals surface area contributed by atoms with Crippen LogP contribution in [-0.2, 0) is 0 Å². The van der Waals surface area contributed by atoms with Crippen molar-refractivity contribution in [2.75, 3.05) is 5.32 Å². The van der Waals surface area contributed by atoms with E-state index in [-0.39, 0.29) is 5.91 Å². The zero-order chi connectivity index (χ0) is 22.2. The van der Waals surface area contributed by atoms with Crippen LogP contribution in [-0.4, -0.2) is 5.91 Å². The second kappa shape index (κ2) is 14.6. The van der Waals surface area contributed by atoms with Crippen molar-refractivity contribution >= 4 is 17.2 Å². The van der Waals surface area contributed by atoms with Gasteiger partial charge in [0.2, 0.25) is 0 Å². The van der Waals surface area contributed by atoms with Crippen LogP contribution in [0.15, 0.2) is 105 Å². The second-order valence-electron chi connectivity index (χ2n) is 5.64. The molecule has 152 valence electrons. The molecule has 29 heavy (non-hydrogen) atoms. The van der Waals surface area contributed by atoms with E-state index in [1.165, 1.54) is 0 Å². The number of carbonyl (C=O) groups excluding carboxylic acids is 1. The Balaban J connectivity index is 0.00000184. The molecule has 0 spiro atoms. The Morgan fingerprint density at radius 2 is 1.48 bits per heavy atom. The molecule has 0 unspecified atom stereocenters. The summed E-state index contributed by atoms with van der Waals surface area (Å²) < 4.78 is 0. The molecule has 1 N–H and O–H groups in total. The highest BCUT2D eigenvalue weighted by Gasteiger charge is 2.12. The van der Waals surface area contributed by atoms with Crippen molar-refractivity contribution in [1.29, 1.82) is 0 Å². The molecule has 2 aromatic rings. The van der Waals surface area contributed by atoms with Crippen molar-refractivity contribution < 1.29 is 4.79 Å². The molecule has 0 bridgehead atoms. The van der Waals surface area contributed by atoms with Crippen LogP contribution in [0.25, 0.3) is 5.57 Å². The molecule has 0 aromatic heterocycles. The Morgan fingerprint density at radius 1 is 0.931 bits per heavy atom. The van der Waals surface area contributed by atoms with Gasteiger partial charge in [0.1, 0.15) is 0 Å². The highest BCUT2D eigenvalue weighted by atomic mass is 16.1. The number of amides is 1. The van der Waals surface area contributed by atoms with Gasteiger partial charge in [0.15, 0.2) is 0 Å². The number of aryl methyl sites for hydroxylation is 1. The third-order valence-corrected chi connectivity index (χ3v) is 3.86. The van der Waals surface area contributed by atoms with Crippen molar-refractivity contribution in [3.8, 4) is 0 Å². The van der Waals surface area contributed by atoms with Crippen LogP contribution in [0.3, 0.4) is 0 Å².